The number of hydrogen-bond acceptors (Lipinski definition) is 3. The van der Waals surface area contributed by atoms with Gasteiger partial charge in [-0.3, -0.25) is 4.68 Å². The van der Waals surface area contributed by atoms with Crippen LogP contribution in [-0.2, 0) is 7.05 Å². The van der Waals surface area contributed by atoms with Gasteiger partial charge in [0.15, 0.2) is 0 Å². The number of halogens is 2. The summed E-state index contributed by atoms with van der Waals surface area (Å²) >= 11 is 9.60. The normalized spacial score (nSPS) is 10.6. The summed E-state index contributed by atoms with van der Waals surface area (Å²) in [5.74, 6) is 1.27. The second-order valence-corrected chi connectivity index (χ2v) is 4.81. The molecule has 0 radical (unpaired) electrons. The smallest absolute Gasteiger partial charge is 0.134 e. The van der Waals surface area contributed by atoms with E-state index in [9.17, 15) is 0 Å². The largest absolute Gasteiger partial charge is 0.496 e. The molecule has 90 valence electrons. The minimum atomic E-state index is 0.572. The van der Waals surface area contributed by atoms with E-state index in [2.05, 4.69) is 21.0 Å². The van der Waals surface area contributed by atoms with Crippen molar-refractivity contribution in [1.29, 1.82) is 0 Å². The van der Waals surface area contributed by atoms with Crippen molar-refractivity contribution in [3.63, 3.8) is 0 Å². The molecule has 1 heterocycles. The number of nitrogen functional groups attached to an aromatic ring is 1. The Labute approximate surface area is 112 Å². The number of aryl methyl sites for hydroxylation is 1. The molecule has 0 aliphatic heterocycles. The molecule has 0 aliphatic carbocycles. The van der Waals surface area contributed by atoms with Crippen LogP contribution in [0.2, 0.25) is 5.02 Å². The summed E-state index contributed by atoms with van der Waals surface area (Å²) in [6, 6.07) is 5.38. The molecule has 0 bridgehead atoms. The Balaban J connectivity index is 2.56. The highest BCUT2D eigenvalue weighted by atomic mass is 79.9. The van der Waals surface area contributed by atoms with Gasteiger partial charge in [-0.25, -0.2) is 0 Å². The number of nitrogens with zero attached hydrogens (tertiary/aromatic N) is 2. The van der Waals surface area contributed by atoms with Crippen LogP contribution < -0.4 is 10.5 Å². The van der Waals surface area contributed by atoms with Crippen molar-refractivity contribution in [3.05, 3.63) is 27.7 Å². The molecule has 0 unspecified atom stereocenters. The monoisotopic (exact) mass is 315 g/mol. The lowest BCUT2D eigenvalue weighted by atomic mass is 10.1. The number of hydrogen-bond donors (Lipinski definition) is 1. The molecule has 4 nitrogen and oxygen atoms in total. The Bertz CT molecular complexity index is 549. The van der Waals surface area contributed by atoms with Crippen molar-refractivity contribution in [2.24, 2.45) is 7.05 Å². The van der Waals surface area contributed by atoms with Crippen molar-refractivity contribution in [2.75, 3.05) is 12.8 Å². The van der Waals surface area contributed by atoms with Gasteiger partial charge in [0.1, 0.15) is 11.6 Å². The van der Waals surface area contributed by atoms with Crippen LogP contribution in [0.25, 0.3) is 11.3 Å². The van der Waals surface area contributed by atoms with E-state index in [-0.39, 0.29) is 0 Å². The van der Waals surface area contributed by atoms with E-state index in [1.165, 1.54) is 0 Å². The lowest BCUT2D eigenvalue weighted by Gasteiger charge is -2.07. The number of methoxy groups -OCH3 is 1. The van der Waals surface area contributed by atoms with Gasteiger partial charge in [0.2, 0.25) is 0 Å². The van der Waals surface area contributed by atoms with Gasteiger partial charge in [0.05, 0.1) is 22.3 Å². The summed E-state index contributed by atoms with van der Waals surface area (Å²) in [7, 11) is 3.38. The first-order valence-corrected chi connectivity index (χ1v) is 6.03. The van der Waals surface area contributed by atoms with Crippen molar-refractivity contribution in [2.45, 2.75) is 0 Å². The quantitative estimate of drug-likeness (QED) is 0.926. The molecule has 1 aromatic carbocycles. The molecular weight excluding hydrogens is 305 g/mol. The predicted molar refractivity (Wildman–Crippen MR) is 72.3 cm³/mol. The van der Waals surface area contributed by atoms with E-state index in [1.807, 2.05) is 6.07 Å². The average molecular weight is 317 g/mol. The maximum absolute atomic E-state index is 6.19. The first-order valence-electron chi connectivity index (χ1n) is 4.86. The molecule has 6 heteroatoms. The third-order valence-corrected chi connectivity index (χ3v) is 3.37. The number of nitrogens with two attached hydrogens (primary N) is 1. The fourth-order valence-electron chi connectivity index (χ4n) is 1.49. The molecule has 2 rings (SSSR count). The molecular formula is C11H11BrClN3O. The Hall–Kier alpha value is -1.20. The van der Waals surface area contributed by atoms with Crippen molar-refractivity contribution >= 4 is 33.3 Å². The fourth-order valence-corrected chi connectivity index (χ4v) is 2.25. The van der Waals surface area contributed by atoms with Gasteiger partial charge < -0.3 is 10.5 Å². The molecule has 0 atom stereocenters. The molecule has 2 aromatic rings. The van der Waals surface area contributed by atoms with Crippen LogP contribution in [0.15, 0.2) is 22.7 Å². The Kier molecular flexibility index (Phi) is 3.31. The number of anilines is 1. The van der Waals surface area contributed by atoms with Crippen LogP contribution in [0.4, 0.5) is 5.82 Å². The van der Waals surface area contributed by atoms with E-state index < -0.39 is 0 Å². The number of benzene rings is 1. The summed E-state index contributed by atoms with van der Waals surface area (Å²) in [6.45, 7) is 0. The zero-order valence-electron chi connectivity index (χ0n) is 9.37. The SMILES string of the molecule is COc1cc(Cl)c(-c2cc(N)n(C)n2)cc1Br. The van der Waals surface area contributed by atoms with Crippen molar-refractivity contribution in [3.8, 4) is 17.0 Å². The van der Waals surface area contributed by atoms with Crippen LogP contribution in [0.1, 0.15) is 0 Å². The van der Waals surface area contributed by atoms with Gasteiger partial charge in [-0.2, -0.15) is 5.10 Å². The maximum Gasteiger partial charge on any atom is 0.134 e. The number of ether oxygens (including phenoxy) is 1. The topological polar surface area (TPSA) is 53.1 Å². The minimum Gasteiger partial charge on any atom is -0.496 e. The molecule has 2 N–H and O–H groups in total. The van der Waals surface area contributed by atoms with Gasteiger partial charge in [-0.1, -0.05) is 11.6 Å². The summed E-state index contributed by atoms with van der Waals surface area (Å²) in [4.78, 5) is 0. The second kappa shape index (κ2) is 4.58. The second-order valence-electron chi connectivity index (χ2n) is 3.54. The van der Waals surface area contributed by atoms with E-state index >= 15 is 0 Å². The minimum absolute atomic E-state index is 0.572. The standard InChI is InChI=1S/C11H11BrClN3O/c1-16-11(14)5-9(15-16)6-3-7(12)10(17-2)4-8(6)13/h3-5H,14H2,1-2H3. The average Bonchev–Trinajstić information content (AvgIpc) is 2.61. The Morgan fingerprint density at radius 2 is 2.12 bits per heavy atom. The van der Waals surface area contributed by atoms with Gasteiger partial charge in [-0.15, -0.1) is 0 Å². The Morgan fingerprint density at radius 3 is 2.65 bits per heavy atom. The lowest BCUT2D eigenvalue weighted by Crippen LogP contribution is -1.96. The lowest BCUT2D eigenvalue weighted by molar-refractivity contribution is 0.412. The molecule has 17 heavy (non-hydrogen) atoms. The zero-order chi connectivity index (χ0) is 12.6. The van der Waals surface area contributed by atoms with Gasteiger partial charge in [0.25, 0.3) is 0 Å². The number of rotatable bonds is 2. The van der Waals surface area contributed by atoms with Crippen molar-refractivity contribution in [1.82, 2.24) is 9.78 Å². The summed E-state index contributed by atoms with van der Waals surface area (Å²) in [5, 5.41) is 4.86. The molecule has 0 spiro atoms. The molecule has 0 fully saturated rings. The van der Waals surface area contributed by atoms with E-state index in [1.54, 1.807) is 31.0 Å². The first-order chi connectivity index (χ1) is 8.02. The molecule has 0 saturated heterocycles. The van der Waals surface area contributed by atoms with Gasteiger partial charge in [-0.05, 0) is 22.0 Å². The fraction of sp³-hybridized carbons (Fsp3) is 0.182. The van der Waals surface area contributed by atoms with Crippen LogP contribution in [-0.4, -0.2) is 16.9 Å². The summed E-state index contributed by atoms with van der Waals surface area (Å²) < 4.78 is 7.59. The summed E-state index contributed by atoms with van der Waals surface area (Å²) in [5.41, 5.74) is 7.29. The van der Waals surface area contributed by atoms with Crippen LogP contribution >= 0.6 is 27.5 Å². The van der Waals surface area contributed by atoms with Crippen LogP contribution in [0.5, 0.6) is 5.75 Å². The van der Waals surface area contributed by atoms with Crippen LogP contribution in [0.3, 0.4) is 0 Å². The highest BCUT2D eigenvalue weighted by molar-refractivity contribution is 9.10. The zero-order valence-corrected chi connectivity index (χ0v) is 11.7. The highest BCUT2D eigenvalue weighted by Gasteiger charge is 2.12. The highest BCUT2D eigenvalue weighted by Crippen LogP contribution is 2.36. The van der Waals surface area contributed by atoms with E-state index in [0.29, 0.717) is 16.6 Å². The van der Waals surface area contributed by atoms with E-state index in [0.717, 1.165) is 15.7 Å². The maximum atomic E-state index is 6.19. The van der Waals surface area contributed by atoms with Crippen LogP contribution in [0, 0.1) is 0 Å². The molecule has 0 aliphatic rings. The van der Waals surface area contributed by atoms with Crippen molar-refractivity contribution < 1.29 is 4.74 Å². The van der Waals surface area contributed by atoms with E-state index in [4.69, 9.17) is 22.1 Å². The molecule has 1 aromatic heterocycles. The summed E-state index contributed by atoms with van der Waals surface area (Å²) in [6.07, 6.45) is 0. The third-order valence-electron chi connectivity index (χ3n) is 2.43. The van der Waals surface area contributed by atoms with Gasteiger partial charge in [0, 0.05) is 24.7 Å². The third kappa shape index (κ3) is 2.25. The molecule has 0 saturated carbocycles. The van der Waals surface area contributed by atoms with Gasteiger partial charge >= 0.3 is 0 Å². The first kappa shape index (κ1) is 12.3. The predicted octanol–water partition coefficient (Wildman–Crippen LogP) is 3.09. The molecule has 0 amide bonds. The Morgan fingerprint density at radius 1 is 1.41 bits per heavy atom. The number of aromatic nitrogens is 2.